The first kappa shape index (κ1) is 17.5. The normalized spacial score (nSPS) is 13.4. The number of halogens is 2. The van der Waals surface area contributed by atoms with Gasteiger partial charge in [-0.2, -0.15) is 0 Å². The maximum Gasteiger partial charge on any atom is 0.243 e. The lowest BCUT2D eigenvalue weighted by Gasteiger charge is -2.15. The van der Waals surface area contributed by atoms with E-state index in [0.29, 0.717) is 4.47 Å². The van der Waals surface area contributed by atoms with Gasteiger partial charge in [-0.1, -0.05) is 15.9 Å². The van der Waals surface area contributed by atoms with Gasteiger partial charge in [0.2, 0.25) is 10.0 Å². The number of hydrogen-bond acceptors (Lipinski definition) is 4. The molecule has 0 saturated carbocycles. The standard InChI is InChI=1S/C12H18BrFN2O3S/c1-8(7-19-3)16-20(17,18)11-5-10(13)4-9(6-15-2)12(11)14/h4-5,8,15-16H,6-7H2,1-3H3. The molecule has 0 bridgehead atoms. The molecule has 1 unspecified atom stereocenters. The van der Waals surface area contributed by atoms with Gasteiger partial charge in [-0.3, -0.25) is 0 Å². The van der Waals surface area contributed by atoms with Crippen molar-refractivity contribution in [2.75, 3.05) is 20.8 Å². The van der Waals surface area contributed by atoms with Crippen molar-refractivity contribution in [3.8, 4) is 0 Å². The van der Waals surface area contributed by atoms with Crippen LogP contribution >= 0.6 is 15.9 Å². The summed E-state index contributed by atoms with van der Waals surface area (Å²) >= 11 is 3.20. The van der Waals surface area contributed by atoms with E-state index in [-0.39, 0.29) is 23.6 Å². The third-order valence-corrected chi connectivity index (χ3v) is 4.56. The largest absolute Gasteiger partial charge is 0.383 e. The molecule has 20 heavy (non-hydrogen) atoms. The van der Waals surface area contributed by atoms with Gasteiger partial charge in [0.25, 0.3) is 0 Å². The molecule has 0 fully saturated rings. The summed E-state index contributed by atoms with van der Waals surface area (Å²) in [5.74, 6) is -0.750. The van der Waals surface area contributed by atoms with Crippen molar-refractivity contribution in [2.45, 2.75) is 24.4 Å². The zero-order chi connectivity index (χ0) is 15.3. The van der Waals surface area contributed by atoms with E-state index >= 15 is 0 Å². The second-order valence-corrected chi connectivity index (χ2v) is 6.98. The highest BCUT2D eigenvalue weighted by molar-refractivity contribution is 9.10. The first-order chi connectivity index (χ1) is 9.31. The summed E-state index contributed by atoms with van der Waals surface area (Å²) in [6.07, 6.45) is 0. The van der Waals surface area contributed by atoms with Crippen molar-refractivity contribution in [1.82, 2.24) is 10.0 Å². The van der Waals surface area contributed by atoms with E-state index in [1.165, 1.54) is 13.2 Å². The molecule has 1 rings (SSSR count). The Morgan fingerprint density at radius 1 is 1.45 bits per heavy atom. The molecular formula is C12H18BrFN2O3S. The van der Waals surface area contributed by atoms with Crippen LogP contribution in [-0.4, -0.2) is 35.2 Å². The lowest BCUT2D eigenvalue weighted by atomic mass is 10.2. The van der Waals surface area contributed by atoms with Gasteiger partial charge in [0.05, 0.1) is 6.61 Å². The van der Waals surface area contributed by atoms with E-state index in [0.717, 1.165) is 0 Å². The Hall–Kier alpha value is -0.540. The van der Waals surface area contributed by atoms with Gasteiger partial charge in [-0.05, 0) is 26.1 Å². The Kier molecular flexibility index (Phi) is 6.53. The lowest BCUT2D eigenvalue weighted by molar-refractivity contribution is 0.180. The Morgan fingerprint density at radius 2 is 2.10 bits per heavy atom. The lowest BCUT2D eigenvalue weighted by Crippen LogP contribution is -2.36. The van der Waals surface area contributed by atoms with E-state index in [1.807, 2.05) is 0 Å². The SMILES string of the molecule is CNCc1cc(Br)cc(S(=O)(=O)NC(C)COC)c1F. The monoisotopic (exact) mass is 368 g/mol. The predicted molar refractivity (Wildman–Crippen MR) is 78.5 cm³/mol. The third kappa shape index (κ3) is 4.49. The van der Waals surface area contributed by atoms with Crippen molar-refractivity contribution >= 4 is 26.0 Å². The minimum absolute atomic E-state index is 0.207. The molecule has 0 aromatic heterocycles. The molecule has 1 aromatic rings. The second-order valence-electron chi connectivity index (χ2n) is 4.39. The molecule has 1 aromatic carbocycles. The summed E-state index contributed by atoms with van der Waals surface area (Å²) in [4.78, 5) is -0.375. The van der Waals surface area contributed by atoms with Crippen molar-refractivity contribution in [3.05, 3.63) is 28.0 Å². The fourth-order valence-corrected chi connectivity index (χ4v) is 3.78. The number of rotatable bonds is 7. The first-order valence-electron chi connectivity index (χ1n) is 5.95. The molecule has 0 amide bonds. The number of methoxy groups -OCH3 is 1. The minimum Gasteiger partial charge on any atom is -0.383 e. The second kappa shape index (κ2) is 7.46. The van der Waals surface area contributed by atoms with Crippen LogP contribution in [0.2, 0.25) is 0 Å². The maximum absolute atomic E-state index is 14.3. The van der Waals surface area contributed by atoms with E-state index < -0.39 is 21.9 Å². The summed E-state index contributed by atoms with van der Waals surface area (Å²) in [7, 11) is -0.811. The molecule has 0 aliphatic heterocycles. The predicted octanol–water partition coefficient (Wildman–Crippen LogP) is 1.62. The Bertz CT molecular complexity index is 566. The van der Waals surface area contributed by atoms with Crippen LogP contribution in [0.3, 0.4) is 0 Å². The molecule has 0 saturated heterocycles. The van der Waals surface area contributed by atoms with Crippen molar-refractivity contribution in [1.29, 1.82) is 0 Å². The molecule has 0 spiro atoms. The van der Waals surface area contributed by atoms with Crippen LogP contribution in [0.4, 0.5) is 4.39 Å². The number of ether oxygens (including phenoxy) is 1. The van der Waals surface area contributed by atoms with Crippen molar-refractivity contribution < 1.29 is 17.5 Å². The van der Waals surface area contributed by atoms with Gasteiger partial charge < -0.3 is 10.1 Å². The Balaban J connectivity index is 3.17. The molecule has 1 atom stereocenters. The quantitative estimate of drug-likeness (QED) is 0.767. The third-order valence-electron chi connectivity index (χ3n) is 2.51. The van der Waals surface area contributed by atoms with Crippen LogP contribution in [0.15, 0.2) is 21.5 Å². The number of benzene rings is 1. The van der Waals surface area contributed by atoms with E-state index in [9.17, 15) is 12.8 Å². The zero-order valence-corrected chi connectivity index (χ0v) is 13.9. The molecule has 0 radical (unpaired) electrons. The molecule has 0 aliphatic carbocycles. The van der Waals surface area contributed by atoms with Crippen LogP contribution < -0.4 is 10.0 Å². The van der Waals surface area contributed by atoms with Crippen LogP contribution in [0.25, 0.3) is 0 Å². The topological polar surface area (TPSA) is 67.4 Å². The molecular weight excluding hydrogens is 351 g/mol. The maximum atomic E-state index is 14.3. The highest BCUT2D eigenvalue weighted by Gasteiger charge is 2.24. The number of sulfonamides is 1. The summed E-state index contributed by atoms with van der Waals surface area (Å²) in [5, 5.41) is 2.80. The van der Waals surface area contributed by atoms with Crippen LogP contribution in [0, 0.1) is 5.82 Å². The molecule has 5 nitrogen and oxygen atoms in total. The average molecular weight is 369 g/mol. The molecule has 2 N–H and O–H groups in total. The summed E-state index contributed by atoms with van der Waals surface area (Å²) in [5.41, 5.74) is 0.279. The van der Waals surface area contributed by atoms with Crippen molar-refractivity contribution in [3.63, 3.8) is 0 Å². The fraction of sp³-hybridized carbons (Fsp3) is 0.500. The van der Waals surface area contributed by atoms with Gasteiger partial charge in [0, 0.05) is 29.7 Å². The number of nitrogens with one attached hydrogen (secondary N) is 2. The van der Waals surface area contributed by atoms with E-state index in [2.05, 4.69) is 26.0 Å². The zero-order valence-electron chi connectivity index (χ0n) is 11.5. The molecule has 114 valence electrons. The smallest absolute Gasteiger partial charge is 0.243 e. The first-order valence-corrected chi connectivity index (χ1v) is 8.23. The van der Waals surface area contributed by atoms with Crippen LogP contribution in [0.1, 0.15) is 12.5 Å². The van der Waals surface area contributed by atoms with Gasteiger partial charge in [-0.25, -0.2) is 17.5 Å². The fourth-order valence-electron chi connectivity index (χ4n) is 1.75. The van der Waals surface area contributed by atoms with E-state index in [4.69, 9.17) is 4.74 Å². The number of hydrogen-bond donors (Lipinski definition) is 2. The highest BCUT2D eigenvalue weighted by atomic mass is 79.9. The van der Waals surface area contributed by atoms with Crippen LogP contribution in [0.5, 0.6) is 0 Å². The molecule has 0 aliphatic rings. The summed E-state index contributed by atoms with van der Waals surface area (Å²) in [6.45, 7) is 2.09. The van der Waals surface area contributed by atoms with Crippen LogP contribution in [-0.2, 0) is 21.3 Å². The molecule has 0 heterocycles. The van der Waals surface area contributed by atoms with E-state index in [1.54, 1.807) is 20.0 Å². The van der Waals surface area contributed by atoms with Gasteiger partial charge in [-0.15, -0.1) is 0 Å². The summed E-state index contributed by atoms with van der Waals surface area (Å²) in [6, 6.07) is 2.34. The highest BCUT2D eigenvalue weighted by Crippen LogP contribution is 2.24. The average Bonchev–Trinajstić information content (AvgIpc) is 2.33. The summed E-state index contributed by atoms with van der Waals surface area (Å²) < 4.78 is 46.4. The minimum atomic E-state index is -3.94. The van der Waals surface area contributed by atoms with Gasteiger partial charge >= 0.3 is 0 Å². The molecule has 8 heteroatoms. The van der Waals surface area contributed by atoms with Crippen molar-refractivity contribution in [2.24, 2.45) is 0 Å². The van der Waals surface area contributed by atoms with Gasteiger partial charge in [0.15, 0.2) is 0 Å². The Labute approximate surface area is 127 Å². The van der Waals surface area contributed by atoms with Gasteiger partial charge in [0.1, 0.15) is 10.7 Å². The Morgan fingerprint density at radius 3 is 2.65 bits per heavy atom.